The van der Waals surface area contributed by atoms with Crippen molar-refractivity contribution in [3.63, 3.8) is 0 Å². The molecule has 2 aromatic carbocycles. The van der Waals surface area contributed by atoms with E-state index in [1.807, 2.05) is 6.07 Å². The van der Waals surface area contributed by atoms with Crippen LogP contribution >= 0.6 is 0 Å². The third-order valence-corrected chi connectivity index (χ3v) is 14.8. The number of amides is 6. The number of ketones is 2. The molecule has 0 spiro atoms. The summed E-state index contributed by atoms with van der Waals surface area (Å²) in [6, 6.07) is 10.4. The van der Waals surface area contributed by atoms with Gasteiger partial charge in [0.25, 0.3) is 17.4 Å². The van der Waals surface area contributed by atoms with Crippen LogP contribution in [0.3, 0.4) is 0 Å². The van der Waals surface area contributed by atoms with Crippen LogP contribution in [0.1, 0.15) is 136 Å². The quantitative estimate of drug-likeness (QED) is 0.0334. The second-order valence-corrected chi connectivity index (χ2v) is 19.9. The first kappa shape index (κ1) is 54.5. The van der Waals surface area contributed by atoms with Crippen LogP contribution in [0.5, 0.6) is 0 Å². The minimum absolute atomic E-state index is 0.0322. The van der Waals surface area contributed by atoms with Gasteiger partial charge in [-0.25, -0.2) is 14.2 Å². The van der Waals surface area contributed by atoms with Gasteiger partial charge < -0.3 is 35.7 Å². The van der Waals surface area contributed by atoms with Crippen molar-refractivity contribution < 1.29 is 57.4 Å². The molecule has 1 aliphatic carbocycles. The van der Waals surface area contributed by atoms with Crippen LogP contribution in [-0.4, -0.2) is 98.2 Å². The van der Waals surface area contributed by atoms with E-state index in [4.69, 9.17) is 9.72 Å². The number of aryl methyl sites for hydroxylation is 1. The lowest BCUT2D eigenvalue weighted by atomic mass is 9.81. The molecule has 5 N–H and O–H groups in total. The smallest absolute Gasteiger partial charge is 0.343 e. The Labute approximate surface area is 437 Å². The molecule has 3 atom stereocenters. The highest BCUT2D eigenvalue weighted by molar-refractivity contribution is 6.15. The Morgan fingerprint density at radius 3 is 2.33 bits per heavy atom. The van der Waals surface area contributed by atoms with Gasteiger partial charge >= 0.3 is 5.97 Å². The van der Waals surface area contributed by atoms with Gasteiger partial charge in [0.1, 0.15) is 12.4 Å². The number of halogens is 1. The first-order valence-electron chi connectivity index (χ1n) is 25.9. The van der Waals surface area contributed by atoms with Gasteiger partial charge in [0.15, 0.2) is 17.2 Å². The lowest BCUT2D eigenvalue weighted by molar-refractivity contribution is -0.172. The Kier molecular flexibility index (Phi) is 16.8. The number of esters is 1. The summed E-state index contributed by atoms with van der Waals surface area (Å²) in [4.78, 5) is 135. The molecular formula is C56H62FN7O12. The maximum atomic E-state index is 15.4. The minimum atomic E-state index is -2.03. The number of aromatic nitrogens is 2. The highest BCUT2D eigenvalue weighted by atomic mass is 19.1. The summed E-state index contributed by atoms with van der Waals surface area (Å²) in [6.07, 6.45) is 3.59. The lowest BCUT2D eigenvalue weighted by Gasteiger charge is -2.31. The number of nitrogens with one attached hydrogen (secondary N) is 4. The lowest BCUT2D eigenvalue weighted by Crippen LogP contribution is -2.44. The summed E-state index contributed by atoms with van der Waals surface area (Å²) in [7, 11) is 0. The molecule has 6 amide bonds. The average Bonchev–Trinajstić information content (AvgIpc) is 3.97. The van der Waals surface area contributed by atoms with Crippen molar-refractivity contribution >= 4 is 63.9 Å². The van der Waals surface area contributed by atoms with E-state index in [0.29, 0.717) is 76.7 Å². The van der Waals surface area contributed by atoms with Crippen molar-refractivity contribution in [1.29, 1.82) is 0 Å². The first-order chi connectivity index (χ1) is 36.4. The third kappa shape index (κ3) is 11.7. The Bertz CT molecular complexity index is 3150. The summed E-state index contributed by atoms with van der Waals surface area (Å²) in [5, 5.41) is 23.2. The molecule has 0 fully saturated rings. The van der Waals surface area contributed by atoms with Crippen molar-refractivity contribution in [3.8, 4) is 11.4 Å². The highest BCUT2D eigenvalue weighted by Crippen LogP contribution is 2.46. The SMILES string of the molecule is CC[C@@]1(O)C(=O)OCc2c1cc1n(c2=O)Cc2c-1nc1cc(F)c(C)c3c1c2[C@@H](NC(=O)CCCNC(=O)CCC(=O)[C@H](Cc1ccccc1)NC(=O)CCC(=O)CNC(=O)CCCCCN1C(=O)C=C(C)C1=O)CC3. The number of unbranched alkanes of at least 4 members (excludes halogenated alkanes) is 2. The van der Waals surface area contributed by atoms with Gasteiger partial charge in [0.2, 0.25) is 23.6 Å². The molecule has 4 aromatic rings. The predicted molar refractivity (Wildman–Crippen MR) is 273 cm³/mol. The number of nitrogens with zero attached hydrogens (tertiary/aromatic N) is 3. The zero-order valence-electron chi connectivity index (χ0n) is 42.9. The number of ether oxygens (including phenoxy) is 1. The normalized spacial score (nSPS) is 17.5. The standard InChI is InChI=1S/C56H62FN7O12/c1-4-56(75)38-26-43-52-36(29-64(43)54(73)37(38)30-76-55(56)74)51-40(18-17-35-32(3)39(57)27-42(62-52)50(35)51)60-47(69)15-11-22-58-46(68)21-19-44(66)41(25-33-12-7-5-8-13-33)61-48(70)20-16-34(65)28-59-45(67)14-9-6-10-23-63-49(71)24-31(2)53(63)72/h5,7-8,12-13,24,26-27,40-41,75H,4,6,9-11,14-23,25,28-30H2,1-3H3,(H,58,68)(H,59,67)(H,60,69)(H,61,70)/t40-,41-,56-/m0/s1. The molecule has 19 nitrogen and oxygen atoms in total. The fourth-order valence-corrected chi connectivity index (χ4v) is 10.5. The first-order valence-corrected chi connectivity index (χ1v) is 25.9. The molecule has 2 aromatic heterocycles. The Hall–Kier alpha value is -7.74. The monoisotopic (exact) mass is 1040 g/mol. The van der Waals surface area contributed by atoms with Crippen LogP contribution in [-0.2, 0) is 79.5 Å². The van der Waals surface area contributed by atoms with Gasteiger partial charge in [0.05, 0.1) is 47.6 Å². The topological polar surface area (TPSA) is 269 Å². The number of aliphatic hydroxyl groups is 1. The Balaban J connectivity index is 0.800. The van der Waals surface area contributed by atoms with E-state index >= 15 is 4.39 Å². The fourth-order valence-electron chi connectivity index (χ4n) is 10.5. The molecule has 4 aliphatic rings. The van der Waals surface area contributed by atoms with Gasteiger partial charge in [-0.3, -0.25) is 48.1 Å². The van der Waals surface area contributed by atoms with Gasteiger partial charge in [0, 0.05) is 85.8 Å². The van der Waals surface area contributed by atoms with Gasteiger partial charge in [-0.15, -0.1) is 0 Å². The number of carbonyl (C=O) groups is 9. The number of hydrogen-bond donors (Lipinski definition) is 5. The van der Waals surface area contributed by atoms with Crippen molar-refractivity contribution in [1.82, 2.24) is 35.7 Å². The van der Waals surface area contributed by atoms with Crippen molar-refractivity contribution in [2.75, 3.05) is 19.6 Å². The van der Waals surface area contributed by atoms with Gasteiger partial charge in [-0.2, -0.15) is 0 Å². The van der Waals surface area contributed by atoms with E-state index in [9.17, 15) is 53.1 Å². The molecule has 400 valence electrons. The Morgan fingerprint density at radius 2 is 1.59 bits per heavy atom. The maximum Gasteiger partial charge on any atom is 0.343 e. The van der Waals surface area contributed by atoms with Crippen molar-refractivity contribution in [3.05, 3.63) is 109 Å². The molecule has 3 aliphatic heterocycles. The maximum absolute atomic E-state index is 15.4. The number of carbonyl (C=O) groups excluding carboxylic acids is 9. The molecule has 5 heterocycles. The molecule has 0 bridgehead atoms. The number of fused-ring (bicyclic) bond motifs is 5. The highest BCUT2D eigenvalue weighted by Gasteiger charge is 2.46. The summed E-state index contributed by atoms with van der Waals surface area (Å²) in [6.45, 7) is 4.81. The number of benzene rings is 2. The van der Waals surface area contributed by atoms with Crippen LogP contribution in [0.4, 0.5) is 4.39 Å². The summed E-state index contributed by atoms with van der Waals surface area (Å²) < 4.78 is 22.1. The minimum Gasteiger partial charge on any atom is -0.458 e. The molecule has 0 radical (unpaired) electrons. The van der Waals surface area contributed by atoms with Crippen LogP contribution in [0.25, 0.3) is 22.3 Å². The molecule has 0 saturated carbocycles. The molecule has 0 saturated heterocycles. The van der Waals surface area contributed by atoms with Crippen molar-refractivity contribution in [2.45, 2.75) is 141 Å². The van der Waals surface area contributed by atoms with E-state index in [1.165, 1.54) is 21.6 Å². The van der Waals surface area contributed by atoms with Gasteiger partial charge in [-0.1, -0.05) is 43.7 Å². The Morgan fingerprint density at radius 1 is 0.855 bits per heavy atom. The summed E-state index contributed by atoms with van der Waals surface area (Å²) >= 11 is 0. The fraction of sp³-hybridized carbons (Fsp3) is 0.446. The van der Waals surface area contributed by atoms with E-state index in [1.54, 1.807) is 51.1 Å². The number of cyclic esters (lactones) is 1. The molecular weight excluding hydrogens is 982 g/mol. The largest absolute Gasteiger partial charge is 0.458 e. The van der Waals surface area contributed by atoms with E-state index in [-0.39, 0.29) is 131 Å². The second-order valence-electron chi connectivity index (χ2n) is 19.9. The predicted octanol–water partition coefficient (Wildman–Crippen LogP) is 3.94. The van der Waals surface area contributed by atoms with E-state index in [2.05, 4.69) is 21.3 Å². The van der Waals surface area contributed by atoms with Crippen molar-refractivity contribution in [2.24, 2.45) is 0 Å². The number of rotatable bonds is 24. The van der Waals surface area contributed by atoms with Crippen LogP contribution in [0, 0.1) is 12.7 Å². The third-order valence-electron chi connectivity index (χ3n) is 14.8. The molecule has 0 unspecified atom stereocenters. The van der Waals surface area contributed by atoms with Gasteiger partial charge in [-0.05, 0) is 87.1 Å². The van der Waals surface area contributed by atoms with Crippen LogP contribution in [0.2, 0.25) is 0 Å². The number of pyridine rings is 2. The van der Waals surface area contributed by atoms with E-state index < -0.39 is 52.6 Å². The van der Waals surface area contributed by atoms with Crippen LogP contribution in [0.15, 0.2) is 58.9 Å². The average molecular weight is 1040 g/mol. The number of hydrogen-bond acceptors (Lipinski definition) is 13. The number of Topliss-reactive ketones (excluding diaryl/α,β-unsaturated/α-hetero) is 2. The van der Waals surface area contributed by atoms with Crippen LogP contribution < -0.4 is 26.8 Å². The zero-order valence-corrected chi connectivity index (χ0v) is 42.9. The second kappa shape index (κ2) is 23.4. The molecule has 20 heteroatoms. The molecule has 76 heavy (non-hydrogen) atoms. The summed E-state index contributed by atoms with van der Waals surface area (Å²) in [5.74, 6) is -4.34. The number of imide groups is 1. The van der Waals surface area contributed by atoms with E-state index in [0.717, 1.165) is 11.1 Å². The zero-order chi connectivity index (χ0) is 54.4. The summed E-state index contributed by atoms with van der Waals surface area (Å²) in [5.41, 5.74) is 2.70. The molecule has 8 rings (SSSR count).